The van der Waals surface area contributed by atoms with E-state index in [0.717, 1.165) is 25.7 Å². The average molecular weight is 345 g/mol. The minimum absolute atomic E-state index is 0.141. The summed E-state index contributed by atoms with van der Waals surface area (Å²) in [6, 6.07) is 0. The number of aryl methyl sites for hydroxylation is 2. The highest BCUT2D eigenvalue weighted by molar-refractivity contribution is 5.70. The fourth-order valence-electron chi connectivity index (χ4n) is 2.88. The summed E-state index contributed by atoms with van der Waals surface area (Å²) >= 11 is 0. The highest BCUT2D eigenvalue weighted by atomic mass is 16.5. The lowest BCUT2D eigenvalue weighted by molar-refractivity contribution is 0.418. The topological polar surface area (TPSA) is 87.8 Å². The van der Waals surface area contributed by atoms with E-state index in [9.17, 15) is 9.59 Å². The minimum atomic E-state index is -0.340. The molecule has 0 aliphatic carbocycles. The number of rotatable bonds is 8. The summed E-state index contributed by atoms with van der Waals surface area (Å²) in [7, 11) is 0. The molecule has 0 atom stereocenters. The number of fused-ring (bicyclic) bond motifs is 1. The number of unbranched alkanes of at least 4 members (excludes halogenated alkanes) is 2. The summed E-state index contributed by atoms with van der Waals surface area (Å²) in [5.41, 5.74) is 0.984. The third kappa shape index (κ3) is 3.29. The van der Waals surface area contributed by atoms with Crippen LogP contribution < -0.4 is 11.2 Å². The fourth-order valence-corrected chi connectivity index (χ4v) is 2.88. The number of hydrogen-bond donors (Lipinski definition) is 0. The Bertz CT molecular complexity index is 949. The maximum absolute atomic E-state index is 13.0. The molecule has 8 heteroatoms. The van der Waals surface area contributed by atoms with E-state index < -0.39 is 0 Å². The highest BCUT2D eigenvalue weighted by Gasteiger charge is 2.18. The van der Waals surface area contributed by atoms with E-state index in [1.807, 2.05) is 4.57 Å². The van der Waals surface area contributed by atoms with Crippen LogP contribution in [0.5, 0.6) is 0 Å². The molecular weight excluding hydrogens is 322 g/mol. The first-order valence-electron chi connectivity index (χ1n) is 8.74. The van der Waals surface area contributed by atoms with Crippen LogP contribution in [0.1, 0.15) is 45.1 Å². The largest absolute Gasteiger partial charge is 0.364 e. The molecule has 0 aliphatic rings. The molecule has 8 nitrogen and oxygen atoms in total. The average Bonchev–Trinajstić information content (AvgIpc) is 3.26. The molecule has 3 aromatic rings. The first-order chi connectivity index (χ1) is 12.2. The zero-order valence-corrected chi connectivity index (χ0v) is 14.6. The van der Waals surface area contributed by atoms with Gasteiger partial charge < -0.3 is 9.09 Å². The zero-order valence-electron chi connectivity index (χ0n) is 14.6. The van der Waals surface area contributed by atoms with Gasteiger partial charge in [-0.05, 0) is 12.8 Å². The summed E-state index contributed by atoms with van der Waals surface area (Å²) in [4.78, 5) is 30.2. The third-order valence-electron chi connectivity index (χ3n) is 4.30. The van der Waals surface area contributed by atoms with Crippen molar-refractivity contribution in [1.82, 2.24) is 23.8 Å². The number of nitrogens with zero attached hydrogens (tertiary/aromatic N) is 5. The zero-order chi connectivity index (χ0) is 17.8. The van der Waals surface area contributed by atoms with E-state index in [1.165, 1.54) is 17.0 Å². The maximum atomic E-state index is 13.0. The van der Waals surface area contributed by atoms with Gasteiger partial charge in [0.05, 0.1) is 19.1 Å². The van der Waals surface area contributed by atoms with Gasteiger partial charge in [-0.25, -0.2) is 9.78 Å². The summed E-state index contributed by atoms with van der Waals surface area (Å²) in [5, 5.41) is 3.64. The van der Waals surface area contributed by atoms with E-state index in [-0.39, 0.29) is 17.8 Å². The molecule has 0 amide bonds. The molecule has 0 N–H and O–H groups in total. The summed E-state index contributed by atoms with van der Waals surface area (Å²) < 4.78 is 9.53. The van der Waals surface area contributed by atoms with E-state index in [2.05, 4.69) is 24.0 Å². The Kier molecular flexibility index (Phi) is 5.16. The van der Waals surface area contributed by atoms with Crippen LogP contribution in [0.4, 0.5) is 0 Å². The van der Waals surface area contributed by atoms with Gasteiger partial charge in [0.25, 0.3) is 5.56 Å². The van der Waals surface area contributed by atoms with Crippen molar-refractivity contribution >= 4 is 11.2 Å². The normalized spacial score (nSPS) is 11.4. The molecule has 0 spiro atoms. The molecule has 0 unspecified atom stereocenters. The van der Waals surface area contributed by atoms with Crippen molar-refractivity contribution in [2.45, 2.75) is 59.2 Å². The van der Waals surface area contributed by atoms with Gasteiger partial charge in [-0.3, -0.25) is 13.9 Å². The van der Waals surface area contributed by atoms with Crippen molar-refractivity contribution in [3.05, 3.63) is 45.2 Å². The van der Waals surface area contributed by atoms with Crippen LogP contribution in [0.25, 0.3) is 11.2 Å². The first kappa shape index (κ1) is 17.2. The van der Waals surface area contributed by atoms with Crippen molar-refractivity contribution in [2.24, 2.45) is 0 Å². The quantitative estimate of drug-likeness (QED) is 0.623. The van der Waals surface area contributed by atoms with E-state index in [4.69, 9.17) is 4.52 Å². The van der Waals surface area contributed by atoms with Crippen LogP contribution in [0.3, 0.4) is 0 Å². The van der Waals surface area contributed by atoms with Gasteiger partial charge in [0.2, 0.25) is 0 Å². The van der Waals surface area contributed by atoms with Gasteiger partial charge >= 0.3 is 5.69 Å². The molecule has 134 valence electrons. The van der Waals surface area contributed by atoms with Crippen LogP contribution in [0, 0.1) is 0 Å². The van der Waals surface area contributed by atoms with Crippen LogP contribution in [-0.4, -0.2) is 23.8 Å². The molecular formula is C17H23N5O3. The fraction of sp³-hybridized carbons (Fsp3) is 0.529. The molecule has 25 heavy (non-hydrogen) atoms. The maximum Gasteiger partial charge on any atom is 0.333 e. The third-order valence-corrected chi connectivity index (χ3v) is 4.30. The van der Waals surface area contributed by atoms with Gasteiger partial charge in [0.1, 0.15) is 6.26 Å². The van der Waals surface area contributed by atoms with Crippen molar-refractivity contribution in [1.29, 1.82) is 0 Å². The second kappa shape index (κ2) is 7.50. The van der Waals surface area contributed by atoms with Crippen molar-refractivity contribution in [3.8, 4) is 0 Å². The summed E-state index contributed by atoms with van der Waals surface area (Å²) in [5.74, 6) is 0. The molecule has 0 bridgehead atoms. The van der Waals surface area contributed by atoms with Crippen molar-refractivity contribution in [2.75, 3.05) is 0 Å². The van der Waals surface area contributed by atoms with Gasteiger partial charge in [-0.1, -0.05) is 31.8 Å². The predicted octanol–water partition coefficient (Wildman–Crippen LogP) is 2.00. The second-order valence-corrected chi connectivity index (χ2v) is 6.18. The molecule has 0 saturated heterocycles. The van der Waals surface area contributed by atoms with Crippen LogP contribution in [0.15, 0.2) is 32.9 Å². The Morgan fingerprint density at radius 3 is 2.52 bits per heavy atom. The Hall–Kier alpha value is -2.64. The standard InChI is InChI=1S/C17H23N5O3/c1-3-5-7-20-12-18-15-14(20)16(23)22(10-13-9-19-25-11-13)17(24)21(15)8-6-4-2/h9,11-12H,3-8,10H2,1-2H3. The van der Waals surface area contributed by atoms with Crippen molar-refractivity contribution in [3.63, 3.8) is 0 Å². The lowest BCUT2D eigenvalue weighted by Crippen LogP contribution is -2.41. The predicted molar refractivity (Wildman–Crippen MR) is 93.7 cm³/mol. The van der Waals surface area contributed by atoms with E-state index >= 15 is 0 Å². The lowest BCUT2D eigenvalue weighted by Gasteiger charge is -2.11. The monoisotopic (exact) mass is 345 g/mol. The molecule has 0 saturated carbocycles. The molecule has 0 radical (unpaired) electrons. The molecule has 0 fully saturated rings. The van der Waals surface area contributed by atoms with Crippen LogP contribution in [0.2, 0.25) is 0 Å². The molecule has 3 heterocycles. The highest BCUT2D eigenvalue weighted by Crippen LogP contribution is 2.10. The number of aromatic nitrogens is 5. The Labute approximate surface area is 144 Å². The molecule has 3 rings (SSSR count). The first-order valence-corrected chi connectivity index (χ1v) is 8.74. The summed E-state index contributed by atoms with van der Waals surface area (Å²) in [6.45, 7) is 5.56. The lowest BCUT2D eigenvalue weighted by atomic mass is 10.3. The Balaban J connectivity index is 2.19. The Morgan fingerprint density at radius 2 is 1.84 bits per heavy atom. The minimum Gasteiger partial charge on any atom is -0.364 e. The van der Waals surface area contributed by atoms with Gasteiger partial charge in [0, 0.05) is 18.7 Å². The van der Waals surface area contributed by atoms with Crippen LogP contribution >= 0.6 is 0 Å². The Morgan fingerprint density at radius 1 is 1.08 bits per heavy atom. The molecule has 3 aromatic heterocycles. The second-order valence-electron chi connectivity index (χ2n) is 6.18. The molecule has 0 aliphatic heterocycles. The van der Waals surface area contributed by atoms with Gasteiger partial charge in [-0.2, -0.15) is 0 Å². The SMILES string of the molecule is CCCCn1cnc2c1c(=O)n(Cc1cnoc1)c(=O)n2CCCC. The van der Waals surface area contributed by atoms with Crippen molar-refractivity contribution < 1.29 is 4.52 Å². The van der Waals surface area contributed by atoms with Crippen LogP contribution in [-0.2, 0) is 19.6 Å². The van der Waals surface area contributed by atoms with Gasteiger partial charge in [0.15, 0.2) is 11.2 Å². The number of imidazole rings is 1. The summed E-state index contributed by atoms with van der Waals surface area (Å²) in [6.07, 6.45) is 8.39. The smallest absolute Gasteiger partial charge is 0.333 e. The molecule has 0 aromatic carbocycles. The van der Waals surface area contributed by atoms with E-state index in [0.29, 0.717) is 29.8 Å². The number of hydrogen-bond acceptors (Lipinski definition) is 5. The van der Waals surface area contributed by atoms with Gasteiger partial charge in [-0.15, -0.1) is 0 Å². The van der Waals surface area contributed by atoms with E-state index in [1.54, 1.807) is 10.9 Å².